The van der Waals surface area contributed by atoms with Crippen molar-refractivity contribution in [2.45, 2.75) is 13.5 Å². The van der Waals surface area contributed by atoms with Crippen LogP contribution in [-0.2, 0) is 6.54 Å². The molecule has 0 saturated carbocycles. The number of rotatable bonds is 2. The number of nitrogens with zero attached hydrogens (tertiary/aromatic N) is 2. The molecule has 0 unspecified atom stereocenters. The third-order valence-corrected chi connectivity index (χ3v) is 3.60. The first-order chi connectivity index (χ1) is 9.70. The van der Waals surface area contributed by atoms with E-state index in [1.165, 1.54) is 12.1 Å². The minimum Gasteiger partial charge on any atom is -0.339 e. The van der Waals surface area contributed by atoms with E-state index in [9.17, 15) is 9.65 Å². The fourth-order valence-electron chi connectivity index (χ4n) is 2.55. The van der Waals surface area contributed by atoms with Crippen LogP contribution in [0.25, 0.3) is 10.9 Å². The summed E-state index contributed by atoms with van der Waals surface area (Å²) >= 11 is 0. The Morgan fingerprint density at radius 3 is 2.50 bits per heavy atom. The monoisotopic (exact) mass is 264 g/mol. The van der Waals surface area contributed by atoms with Crippen LogP contribution < -0.4 is 0 Å². The van der Waals surface area contributed by atoms with Crippen LogP contribution in [0.3, 0.4) is 0 Å². The Morgan fingerprint density at radius 2 is 1.80 bits per heavy atom. The molecule has 20 heavy (non-hydrogen) atoms. The molecule has 3 heteroatoms. The van der Waals surface area contributed by atoms with Gasteiger partial charge in [0.05, 0.1) is 5.56 Å². The normalized spacial score (nSPS) is 10.7. The van der Waals surface area contributed by atoms with Crippen molar-refractivity contribution in [1.82, 2.24) is 4.57 Å². The first-order valence-electron chi connectivity index (χ1n) is 6.43. The van der Waals surface area contributed by atoms with E-state index >= 15 is 0 Å². The number of fused-ring (bicyclic) bond motifs is 1. The highest BCUT2D eigenvalue weighted by atomic mass is 19.1. The molecule has 0 aliphatic heterocycles. The first-order valence-corrected chi connectivity index (χ1v) is 6.43. The summed E-state index contributed by atoms with van der Waals surface area (Å²) in [5.41, 5.74) is 3.70. The molecule has 3 rings (SSSR count). The third kappa shape index (κ3) is 1.96. The molecule has 98 valence electrons. The van der Waals surface area contributed by atoms with E-state index in [4.69, 9.17) is 0 Å². The average Bonchev–Trinajstić information content (AvgIpc) is 2.74. The van der Waals surface area contributed by atoms with Crippen molar-refractivity contribution in [2.75, 3.05) is 0 Å². The van der Waals surface area contributed by atoms with Crippen LogP contribution in [0.1, 0.15) is 16.8 Å². The molecule has 2 aromatic carbocycles. The van der Waals surface area contributed by atoms with E-state index in [0.717, 1.165) is 22.2 Å². The van der Waals surface area contributed by atoms with Crippen LogP contribution in [0, 0.1) is 24.1 Å². The molecule has 0 atom stereocenters. The summed E-state index contributed by atoms with van der Waals surface area (Å²) in [6.45, 7) is 2.58. The summed E-state index contributed by atoms with van der Waals surface area (Å²) in [7, 11) is 0. The third-order valence-electron chi connectivity index (χ3n) is 3.60. The molecule has 0 fully saturated rings. The van der Waals surface area contributed by atoms with Crippen LogP contribution in [-0.4, -0.2) is 4.57 Å². The molecule has 0 spiro atoms. The molecule has 0 saturated heterocycles. The fourth-order valence-corrected chi connectivity index (χ4v) is 2.55. The SMILES string of the molecule is Cc1c(C#N)c2ccccc2n1Cc1ccc(F)cc1. The molecule has 1 heterocycles. The van der Waals surface area contributed by atoms with E-state index in [0.29, 0.717) is 12.1 Å². The van der Waals surface area contributed by atoms with Crippen molar-refractivity contribution >= 4 is 10.9 Å². The minimum absolute atomic E-state index is 0.236. The summed E-state index contributed by atoms with van der Waals surface area (Å²) in [5, 5.41) is 10.3. The molecular weight excluding hydrogens is 251 g/mol. The second kappa shape index (κ2) is 4.82. The molecule has 0 aliphatic carbocycles. The summed E-state index contributed by atoms with van der Waals surface area (Å²) in [6.07, 6.45) is 0. The topological polar surface area (TPSA) is 28.7 Å². The van der Waals surface area contributed by atoms with Crippen molar-refractivity contribution in [1.29, 1.82) is 5.26 Å². The number of hydrogen-bond donors (Lipinski definition) is 0. The fraction of sp³-hybridized carbons (Fsp3) is 0.118. The molecule has 1 aromatic heterocycles. The largest absolute Gasteiger partial charge is 0.339 e. The Kier molecular flexibility index (Phi) is 3.00. The van der Waals surface area contributed by atoms with Gasteiger partial charge in [-0.25, -0.2) is 4.39 Å². The van der Waals surface area contributed by atoms with Crippen molar-refractivity contribution in [3.63, 3.8) is 0 Å². The minimum atomic E-state index is -0.236. The van der Waals surface area contributed by atoms with Crippen molar-refractivity contribution < 1.29 is 4.39 Å². The molecule has 2 nitrogen and oxygen atoms in total. The lowest BCUT2D eigenvalue weighted by Gasteiger charge is -2.08. The van der Waals surface area contributed by atoms with Crippen molar-refractivity contribution in [3.05, 3.63) is 71.2 Å². The summed E-state index contributed by atoms with van der Waals surface area (Å²) < 4.78 is 15.1. The van der Waals surface area contributed by atoms with Gasteiger partial charge < -0.3 is 4.57 Å². The van der Waals surface area contributed by atoms with Gasteiger partial charge in [0.2, 0.25) is 0 Å². The zero-order chi connectivity index (χ0) is 14.1. The van der Waals surface area contributed by atoms with E-state index in [-0.39, 0.29) is 5.82 Å². The number of nitriles is 1. The highest BCUT2D eigenvalue weighted by molar-refractivity contribution is 5.88. The Morgan fingerprint density at radius 1 is 1.10 bits per heavy atom. The van der Waals surface area contributed by atoms with Gasteiger partial charge in [0, 0.05) is 23.1 Å². The molecular formula is C17H13FN2. The van der Waals surface area contributed by atoms with Crippen molar-refractivity contribution in [2.24, 2.45) is 0 Å². The van der Waals surface area contributed by atoms with Crippen molar-refractivity contribution in [3.8, 4) is 6.07 Å². The second-order valence-corrected chi connectivity index (χ2v) is 4.80. The Labute approximate surface area is 116 Å². The number of benzene rings is 2. The van der Waals surface area contributed by atoms with Gasteiger partial charge in [-0.05, 0) is 30.7 Å². The molecule has 0 radical (unpaired) electrons. The van der Waals surface area contributed by atoms with Crippen LogP contribution in [0.5, 0.6) is 0 Å². The number of para-hydroxylation sites is 1. The quantitative estimate of drug-likeness (QED) is 0.687. The first kappa shape index (κ1) is 12.4. The van der Waals surface area contributed by atoms with Gasteiger partial charge >= 0.3 is 0 Å². The lowest BCUT2D eigenvalue weighted by molar-refractivity contribution is 0.626. The van der Waals surface area contributed by atoms with E-state index in [1.54, 1.807) is 12.1 Å². The maximum atomic E-state index is 13.0. The molecule has 3 aromatic rings. The number of hydrogen-bond acceptors (Lipinski definition) is 1. The maximum Gasteiger partial charge on any atom is 0.123 e. The average molecular weight is 264 g/mol. The Bertz CT molecular complexity index is 807. The van der Waals surface area contributed by atoms with Crippen LogP contribution in [0.4, 0.5) is 4.39 Å². The van der Waals surface area contributed by atoms with Gasteiger partial charge in [-0.15, -0.1) is 0 Å². The summed E-state index contributed by atoms with van der Waals surface area (Å²) in [6, 6.07) is 16.6. The van der Waals surface area contributed by atoms with Gasteiger partial charge in [0.15, 0.2) is 0 Å². The Balaban J connectivity index is 2.14. The lowest BCUT2D eigenvalue weighted by atomic mass is 10.1. The van der Waals surface area contributed by atoms with E-state index < -0.39 is 0 Å². The standard InChI is InChI=1S/C17H13FN2/c1-12-16(10-19)15-4-2-3-5-17(15)20(12)11-13-6-8-14(18)9-7-13/h2-9H,11H2,1H3. The molecule has 0 amide bonds. The highest BCUT2D eigenvalue weighted by Gasteiger charge is 2.13. The Hall–Kier alpha value is -2.60. The summed E-state index contributed by atoms with van der Waals surface area (Å²) in [5.74, 6) is -0.236. The molecule has 0 N–H and O–H groups in total. The highest BCUT2D eigenvalue weighted by Crippen LogP contribution is 2.26. The molecule has 0 aliphatic rings. The lowest BCUT2D eigenvalue weighted by Crippen LogP contribution is -2.02. The molecule has 0 bridgehead atoms. The van der Waals surface area contributed by atoms with Gasteiger partial charge in [-0.3, -0.25) is 0 Å². The predicted octanol–water partition coefficient (Wildman–Crippen LogP) is 4.01. The zero-order valence-corrected chi connectivity index (χ0v) is 11.1. The zero-order valence-electron chi connectivity index (χ0n) is 11.1. The number of aromatic nitrogens is 1. The van der Waals surface area contributed by atoms with Crippen LogP contribution in [0.15, 0.2) is 48.5 Å². The smallest absolute Gasteiger partial charge is 0.123 e. The van der Waals surface area contributed by atoms with E-state index in [2.05, 4.69) is 10.6 Å². The number of halogens is 1. The van der Waals surface area contributed by atoms with Gasteiger partial charge in [0.25, 0.3) is 0 Å². The van der Waals surface area contributed by atoms with Crippen LogP contribution in [0.2, 0.25) is 0 Å². The van der Waals surface area contributed by atoms with Crippen LogP contribution >= 0.6 is 0 Å². The predicted molar refractivity (Wildman–Crippen MR) is 76.9 cm³/mol. The van der Waals surface area contributed by atoms with Gasteiger partial charge in [0.1, 0.15) is 11.9 Å². The maximum absolute atomic E-state index is 13.0. The second-order valence-electron chi connectivity index (χ2n) is 4.80. The summed E-state index contributed by atoms with van der Waals surface area (Å²) in [4.78, 5) is 0. The van der Waals surface area contributed by atoms with Gasteiger partial charge in [-0.1, -0.05) is 30.3 Å². The van der Waals surface area contributed by atoms with Gasteiger partial charge in [-0.2, -0.15) is 5.26 Å². The van der Waals surface area contributed by atoms with E-state index in [1.807, 2.05) is 31.2 Å².